The number of thiazole rings is 1. The van der Waals surface area contributed by atoms with Gasteiger partial charge in [-0.25, -0.2) is 15.0 Å². The Kier molecular flexibility index (Phi) is 2.36. The standard InChI is InChI=1S/C7H5Cl2N3S/c1-2-3-10-4-5(8)11-7(9)12-6(4)13-3/h2H2,1H3. The SMILES string of the molecule is CCc1nc2c(Cl)nc(Cl)nc2s1. The van der Waals surface area contributed by atoms with Gasteiger partial charge in [0.25, 0.3) is 0 Å². The maximum atomic E-state index is 5.84. The second-order valence-electron chi connectivity index (χ2n) is 2.40. The predicted molar refractivity (Wildman–Crippen MR) is 54.6 cm³/mol. The number of nitrogens with zero attached hydrogens (tertiary/aromatic N) is 3. The van der Waals surface area contributed by atoms with Crippen LogP contribution < -0.4 is 0 Å². The van der Waals surface area contributed by atoms with Crippen LogP contribution in [0.4, 0.5) is 0 Å². The summed E-state index contributed by atoms with van der Waals surface area (Å²) in [6.07, 6.45) is 0.870. The van der Waals surface area contributed by atoms with Crippen LogP contribution in [0.2, 0.25) is 10.4 Å². The molecule has 0 saturated carbocycles. The van der Waals surface area contributed by atoms with Gasteiger partial charge >= 0.3 is 0 Å². The molecule has 0 aromatic carbocycles. The number of fused-ring (bicyclic) bond motifs is 1. The van der Waals surface area contributed by atoms with Crippen molar-refractivity contribution >= 4 is 44.9 Å². The molecule has 3 nitrogen and oxygen atoms in total. The third-order valence-electron chi connectivity index (χ3n) is 1.54. The summed E-state index contributed by atoms with van der Waals surface area (Å²) in [7, 11) is 0. The van der Waals surface area contributed by atoms with Gasteiger partial charge in [-0.05, 0) is 18.0 Å². The lowest BCUT2D eigenvalue weighted by atomic mass is 10.5. The van der Waals surface area contributed by atoms with Crippen LogP contribution in [-0.4, -0.2) is 15.0 Å². The zero-order valence-corrected chi connectivity index (χ0v) is 9.04. The maximum Gasteiger partial charge on any atom is 0.225 e. The molecule has 0 bridgehead atoms. The first-order chi connectivity index (χ1) is 6.20. The van der Waals surface area contributed by atoms with Gasteiger partial charge in [-0.1, -0.05) is 29.9 Å². The summed E-state index contributed by atoms with van der Waals surface area (Å²) in [5, 5.41) is 1.49. The Bertz CT molecular complexity index is 454. The Hall–Kier alpha value is -0.450. The number of halogens is 2. The van der Waals surface area contributed by atoms with Gasteiger partial charge in [-0.3, -0.25) is 0 Å². The fourth-order valence-electron chi connectivity index (χ4n) is 0.959. The molecule has 0 N–H and O–H groups in total. The van der Waals surface area contributed by atoms with Gasteiger partial charge in [-0.2, -0.15) is 0 Å². The highest BCUT2D eigenvalue weighted by molar-refractivity contribution is 7.18. The highest BCUT2D eigenvalue weighted by Gasteiger charge is 2.09. The van der Waals surface area contributed by atoms with Crippen molar-refractivity contribution in [3.63, 3.8) is 0 Å². The van der Waals surface area contributed by atoms with E-state index in [1.165, 1.54) is 11.3 Å². The Balaban J connectivity index is 2.75. The minimum atomic E-state index is 0.170. The van der Waals surface area contributed by atoms with Crippen LogP contribution in [0, 0.1) is 0 Å². The van der Waals surface area contributed by atoms with Crippen LogP contribution in [0.5, 0.6) is 0 Å². The highest BCUT2D eigenvalue weighted by atomic mass is 35.5. The van der Waals surface area contributed by atoms with Crippen molar-refractivity contribution < 1.29 is 0 Å². The molecule has 6 heteroatoms. The lowest BCUT2D eigenvalue weighted by Gasteiger charge is -1.90. The lowest BCUT2D eigenvalue weighted by Crippen LogP contribution is -1.83. The van der Waals surface area contributed by atoms with E-state index in [1.807, 2.05) is 6.92 Å². The predicted octanol–water partition coefficient (Wildman–Crippen LogP) is 2.96. The molecule has 0 amide bonds. The first kappa shape index (κ1) is 9.12. The molecule has 0 fully saturated rings. The molecular formula is C7H5Cl2N3S. The Labute approximate surface area is 88.7 Å². The van der Waals surface area contributed by atoms with Crippen molar-refractivity contribution in [2.75, 3.05) is 0 Å². The summed E-state index contributed by atoms with van der Waals surface area (Å²) >= 11 is 13.0. The number of aromatic nitrogens is 3. The third kappa shape index (κ3) is 1.61. The number of hydrogen-bond acceptors (Lipinski definition) is 4. The molecule has 68 valence electrons. The molecule has 0 aliphatic rings. The fourth-order valence-corrected chi connectivity index (χ4v) is 2.37. The van der Waals surface area contributed by atoms with E-state index in [9.17, 15) is 0 Å². The van der Waals surface area contributed by atoms with Crippen LogP contribution in [0.25, 0.3) is 10.3 Å². The van der Waals surface area contributed by atoms with Crippen LogP contribution in [0.15, 0.2) is 0 Å². The summed E-state index contributed by atoms with van der Waals surface area (Å²) in [6.45, 7) is 2.03. The van der Waals surface area contributed by atoms with Gasteiger partial charge in [0.05, 0.1) is 5.01 Å². The van der Waals surface area contributed by atoms with Gasteiger partial charge in [0, 0.05) is 0 Å². The number of rotatable bonds is 1. The van der Waals surface area contributed by atoms with Crippen molar-refractivity contribution in [3.05, 3.63) is 15.4 Å². The van der Waals surface area contributed by atoms with E-state index < -0.39 is 0 Å². The number of hydrogen-bond donors (Lipinski definition) is 0. The minimum absolute atomic E-state index is 0.170. The van der Waals surface area contributed by atoms with Crippen molar-refractivity contribution in [1.82, 2.24) is 15.0 Å². The quantitative estimate of drug-likeness (QED) is 0.562. The zero-order chi connectivity index (χ0) is 9.42. The van der Waals surface area contributed by atoms with E-state index in [4.69, 9.17) is 23.2 Å². The fraction of sp³-hybridized carbons (Fsp3) is 0.286. The van der Waals surface area contributed by atoms with Crippen LogP contribution in [0.3, 0.4) is 0 Å². The Morgan fingerprint density at radius 2 is 2.00 bits per heavy atom. The highest BCUT2D eigenvalue weighted by Crippen LogP contribution is 2.26. The molecule has 0 spiro atoms. The molecule has 2 heterocycles. The maximum absolute atomic E-state index is 5.84. The van der Waals surface area contributed by atoms with Crippen LogP contribution in [-0.2, 0) is 6.42 Å². The summed E-state index contributed by atoms with van der Waals surface area (Å²) in [6, 6.07) is 0. The first-order valence-corrected chi connectivity index (χ1v) is 5.26. The molecule has 0 atom stereocenters. The molecule has 2 rings (SSSR count). The topological polar surface area (TPSA) is 38.7 Å². The molecular weight excluding hydrogens is 229 g/mol. The normalized spacial score (nSPS) is 11.0. The van der Waals surface area contributed by atoms with E-state index in [-0.39, 0.29) is 5.28 Å². The minimum Gasteiger partial charge on any atom is -0.236 e. The summed E-state index contributed by atoms with van der Waals surface area (Å²) in [4.78, 5) is 12.9. The number of aryl methyl sites for hydroxylation is 1. The molecule has 0 saturated heterocycles. The summed E-state index contributed by atoms with van der Waals surface area (Å²) < 4.78 is 0. The second-order valence-corrected chi connectivity index (χ2v) is 4.16. The van der Waals surface area contributed by atoms with Gasteiger partial charge < -0.3 is 0 Å². The molecule has 0 aliphatic carbocycles. The Morgan fingerprint density at radius 1 is 1.23 bits per heavy atom. The van der Waals surface area contributed by atoms with Crippen LogP contribution in [0.1, 0.15) is 11.9 Å². The van der Waals surface area contributed by atoms with Crippen molar-refractivity contribution in [2.24, 2.45) is 0 Å². The smallest absolute Gasteiger partial charge is 0.225 e. The van der Waals surface area contributed by atoms with E-state index in [0.29, 0.717) is 10.7 Å². The van der Waals surface area contributed by atoms with Crippen molar-refractivity contribution in [2.45, 2.75) is 13.3 Å². The molecule has 0 unspecified atom stereocenters. The van der Waals surface area contributed by atoms with E-state index in [2.05, 4.69) is 15.0 Å². The van der Waals surface area contributed by atoms with Gasteiger partial charge in [0.15, 0.2) is 5.15 Å². The van der Waals surface area contributed by atoms with Crippen LogP contribution >= 0.6 is 34.5 Å². The average molecular weight is 234 g/mol. The van der Waals surface area contributed by atoms with Gasteiger partial charge in [0.1, 0.15) is 10.3 Å². The summed E-state index contributed by atoms with van der Waals surface area (Å²) in [5.74, 6) is 0. The van der Waals surface area contributed by atoms with E-state index in [1.54, 1.807) is 0 Å². The molecule has 2 aromatic heterocycles. The zero-order valence-electron chi connectivity index (χ0n) is 6.71. The van der Waals surface area contributed by atoms with E-state index >= 15 is 0 Å². The third-order valence-corrected chi connectivity index (χ3v) is 3.06. The van der Waals surface area contributed by atoms with Gasteiger partial charge in [-0.15, -0.1) is 0 Å². The molecule has 0 aliphatic heterocycles. The van der Waals surface area contributed by atoms with Crippen molar-refractivity contribution in [3.8, 4) is 0 Å². The average Bonchev–Trinajstić information content (AvgIpc) is 2.47. The Morgan fingerprint density at radius 3 is 2.69 bits per heavy atom. The molecule has 2 aromatic rings. The van der Waals surface area contributed by atoms with Crippen molar-refractivity contribution in [1.29, 1.82) is 0 Å². The molecule has 13 heavy (non-hydrogen) atoms. The largest absolute Gasteiger partial charge is 0.236 e. The molecule has 0 radical (unpaired) electrons. The van der Waals surface area contributed by atoms with Gasteiger partial charge in [0.2, 0.25) is 5.28 Å². The lowest BCUT2D eigenvalue weighted by molar-refractivity contribution is 1.10. The monoisotopic (exact) mass is 233 g/mol. The summed E-state index contributed by atoms with van der Waals surface area (Å²) in [5.41, 5.74) is 0.646. The second kappa shape index (κ2) is 3.36. The first-order valence-electron chi connectivity index (χ1n) is 3.69. The van der Waals surface area contributed by atoms with E-state index in [0.717, 1.165) is 16.3 Å².